The molecule has 5 rings (SSSR count). The zero-order valence-corrected chi connectivity index (χ0v) is 21.1. The number of rotatable bonds is 3. The van der Waals surface area contributed by atoms with Crippen molar-refractivity contribution in [3.63, 3.8) is 0 Å². The van der Waals surface area contributed by atoms with Gasteiger partial charge in [-0.3, -0.25) is 4.79 Å². The number of nitrogens with zero attached hydrogens (tertiary/aromatic N) is 2. The van der Waals surface area contributed by atoms with Gasteiger partial charge in [0.2, 0.25) is 0 Å². The zero-order valence-electron chi connectivity index (χ0n) is 21.1. The first-order valence-corrected chi connectivity index (χ1v) is 13.3. The molecule has 1 aromatic heterocycles. The molecule has 0 spiro atoms. The number of carboxylic acid groups (broad SMARTS) is 1. The van der Waals surface area contributed by atoms with Crippen molar-refractivity contribution in [1.82, 2.24) is 9.47 Å². The Balaban J connectivity index is 1.68. The standard InChI is InChI=1S/C30H36N2O4/c1-21-8-4-2-7-11-26-28(22-9-5-3-6-10-22)25-13-12-23(30(34)35)19-27(25)32(26)20-24(18-21)29(33)31-14-16-36-17-15-31/h2,4,7-8,12-13,18-19,21-22H,3,5-6,9-11,14-17,20H2,1H3,(H,34,35)/b7-2-,8-4-,24-18+. The summed E-state index contributed by atoms with van der Waals surface area (Å²) in [6.45, 7) is 4.84. The van der Waals surface area contributed by atoms with E-state index in [0.717, 1.165) is 35.7 Å². The lowest BCUT2D eigenvalue weighted by Crippen LogP contribution is -2.42. The lowest BCUT2D eigenvalue weighted by Gasteiger charge is -2.28. The maximum Gasteiger partial charge on any atom is 0.335 e. The quantitative estimate of drug-likeness (QED) is 0.621. The summed E-state index contributed by atoms with van der Waals surface area (Å²) in [5.41, 5.74) is 4.51. The number of fused-ring (bicyclic) bond motifs is 3. The molecular weight excluding hydrogens is 452 g/mol. The first-order valence-electron chi connectivity index (χ1n) is 13.3. The molecule has 2 aromatic rings. The van der Waals surface area contributed by atoms with Crippen molar-refractivity contribution >= 4 is 22.8 Å². The van der Waals surface area contributed by atoms with Crippen LogP contribution in [0.1, 0.15) is 66.6 Å². The summed E-state index contributed by atoms with van der Waals surface area (Å²) in [7, 11) is 0. The van der Waals surface area contributed by atoms with E-state index in [9.17, 15) is 14.7 Å². The van der Waals surface area contributed by atoms with E-state index in [1.54, 1.807) is 12.1 Å². The topological polar surface area (TPSA) is 71.8 Å². The lowest BCUT2D eigenvalue weighted by atomic mass is 9.82. The van der Waals surface area contributed by atoms with Crippen molar-refractivity contribution in [2.45, 2.75) is 57.9 Å². The summed E-state index contributed by atoms with van der Waals surface area (Å²) in [5.74, 6) is -0.317. The van der Waals surface area contributed by atoms with Crippen LogP contribution in [0.2, 0.25) is 0 Å². The van der Waals surface area contributed by atoms with Crippen LogP contribution < -0.4 is 0 Å². The molecule has 0 bridgehead atoms. The van der Waals surface area contributed by atoms with Gasteiger partial charge in [0.15, 0.2) is 0 Å². The maximum atomic E-state index is 13.7. The van der Waals surface area contributed by atoms with E-state index in [-0.39, 0.29) is 17.4 Å². The number of ether oxygens (including phenoxy) is 1. The maximum absolute atomic E-state index is 13.7. The van der Waals surface area contributed by atoms with E-state index < -0.39 is 5.97 Å². The molecule has 1 atom stereocenters. The van der Waals surface area contributed by atoms with Gasteiger partial charge in [-0.1, -0.05) is 62.6 Å². The molecular formula is C30H36N2O4. The Kier molecular flexibility index (Phi) is 7.42. The molecule has 1 saturated heterocycles. The van der Waals surface area contributed by atoms with Crippen LogP contribution in [0.25, 0.3) is 10.9 Å². The second-order valence-electron chi connectivity index (χ2n) is 10.3. The lowest BCUT2D eigenvalue weighted by molar-refractivity contribution is -0.131. The number of benzene rings is 1. The molecule has 1 aliphatic carbocycles. The monoisotopic (exact) mass is 488 g/mol. The average molecular weight is 489 g/mol. The van der Waals surface area contributed by atoms with Crippen molar-refractivity contribution in [1.29, 1.82) is 0 Å². The van der Waals surface area contributed by atoms with Crippen molar-refractivity contribution in [3.8, 4) is 0 Å². The minimum Gasteiger partial charge on any atom is -0.478 e. The number of morpholine rings is 1. The molecule has 3 aliphatic rings. The minimum absolute atomic E-state index is 0.0483. The van der Waals surface area contributed by atoms with Gasteiger partial charge in [-0.15, -0.1) is 0 Å². The van der Waals surface area contributed by atoms with Crippen LogP contribution >= 0.6 is 0 Å². The second-order valence-corrected chi connectivity index (χ2v) is 10.3. The van der Waals surface area contributed by atoms with Gasteiger partial charge in [0, 0.05) is 41.7 Å². The smallest absolute Gasteiger partial charge is 0.335 e. The van der Waals surface area contributed by atoms with E-state index in [0.29, 0.717) is 38.8 Å². The van der Waals surface area contributed by atoms with Crippen LogP contribution in [-0.2, 0) is 22.5 Å². The third kappa shape index (κ3) is 5.05. The molecule has 1 unspecified atom stereocenters. The van der Waals surface area contributed by atoms with Crippen LogP contribution in [0.4, 0.5) is 0 Å². The Hall–Kier alpha value is -3.12. The highest BCUT2D eigenvalue weighted by Crippen LogP contribution is 2.41. The normalized spacial score (nSPS) is 24.9. The number of carbonyl (C=O) groups excluding carboxylic acids is 1. The zero-order chi connectivity index (χ0) is 25.1. The number of carboxylic acids is 1. The highest BCUT2D eigenvalue weighted by molar-refractivity contribution is 5.97. The number of aromatic carboxylic acids is 1. The number of hydrogen-bond acceptors (Lipinski definition) is 3. The van der Waals surface area contributed by atoms with Crippen molar-refractivity contribution in [3.05, 3.63) is 71.0 Å². The summed E-state index contributed by atoms with van der Waals surface area (Å²) < 4.78 is 7.72. The third-order valence-electron chi connectivity index (χ3n) is 7.81. The number of amides is 1. The minimum atomic E-state index is -0.929. The van der Waals surface area contributed by atoms with Gasteiger partial charge in [-0.25, -0.2) is 4.79 Å². The van der Waals surface area contributed by atoms with E-state index in [4.69, 9.17) is 4.74 Å². The SMILES string of the molecule is CC1/C=C\C=C/Cc2c(C3CCCCC3)c3ccc(C(=O)O)cc3n2C/C(C(=O)N2CCOCC2)=C\1. The van der Waals surface area contributed by atoms with Crippen LogP contribution in [0.5, 0.6) is 0 Å². The fraction of sp³-hybridized carbons (Fsp3) is 0.467. The predicted octanol–water partition coefficient (Wildman–Crippen LogP) is 5.48. The molecule has 1 N–H and O–H groups in total. The van der Waals surface area contributed by atoms with Crippen LogP contribution in [-0.4, -0.2) is 52.8 Å². The summed E-state index contributed by atoms with van der Waals surface area (Å²) in [4.78, 5) is 27.5. The molecule has 3 heterocycles. The highest BCUT2D eigenvalue weighted by Gasteiger charge is 2.28. The Morgan fingerprint density at radius 1 is 1.06 bits per heavy atom. The molecule has 1 saturated carbocycles. The van der Waals surface area contributed by atoms with Crippen LogP contribution in [0, 0.1) is 5.92 Å². The molecule has 190 valence electrons. The highest BCUT2D eigenvalue weighted by atomic mass is 16.5. The van der Waals surface area contributed by atoms with Gasteiger partial charge in [0.1, 0.15) is 0 Å². The molecule has 6 nitrogen and oxygen atoms in total. The number of hydrogen-bond donors (Lipinski definition) is 1. The molecule has 1 amide bonds. The van der Waals surface area contributed by atoms with Gasteiger partial charge < -0.3 is 19.3 Å². The van der Waals surface area contributed by atoms with Gasteiger partial charge in [0.25, 0.3) is 5.91 Å². The van der Waals surface area contributed by atoms with E-state index in [1.165, 1.54) is 30.5 Å². The molecule has 36 heavy (non-hydrogen) atoms. The molecule has 6 heteroatoms. The first kappa shape index (κ1) is 24.6. The van der Waals surface area contributed by atoms with Crippen molar-refractivity contribution < 1.29 is 19.4 Å². The second kappa shape index (κ2) is 10.9. The van der Waals surface area contributed by atoms with E-state index >= 15 is 0 Å². The van der Waals surface area contributed by atoms with Gasteiger partial charge in [0.05, 0.1) is 25.3 Å². The number of carbonyl (C=O) groups is 2. The summed E-state index contributed by atoms with van der Waals surface area (Å²) in [6.07, 6.45) is 17.3. The van der Waals surface area contributed by atoms with Crippen molar-refractivity contribution in [2.75, 3.05) is 26.3 Å². The van der Waals surface area contributed by atoms with E-state index in [1.807, 2.05) is 11.0 Å². The Morgan fingerprint density at radius 3 is 2.58 bits per heavy atom. The average Bonchev–Trinajstić information content (AvgIpc) is 3.19. The predicted molar refractivity (Wildman–Crippen MR) is 141 cm³/mol. The number of aromatic nitrogens is 1. The molecule has 0 radical (unpaired) electrons. The first-order chi connectivity index (χ1) is 17.5. The van der Waals surface area contributed by atoms with Crippen LogP contribution in [0.3, 0.4) is 0 Å². The molecule has 2 fully saturated rings. The van der Waals surface area contributed by atoms with Gasteiger partial charge in [-0.2, -0.15) is 0 Å². The Bertz CT molecular complexity index is 1220. The van der Waals surface area contributed by atoms with Crippen LogP contribution in [0.15, 0.2) is 54.2 Å². The summed E-state index contributed by atoms with van der Waals surface area (Å²) >= 11 is 0. The summed E-state index contributed by atoms with van der Waals surface area (Å²) in [6, 6.07) is 5.52. The van der Waals surface area contributed by atoms with Crippen molar-refractivity contribution in [2.24, 2.45) is 5.92 Å². The number of allylic oxidation sites excluding steroid dienone is 5. The fourth-order valence-electron chi connectivity index (χ4n) is 6.01. The Morgan fingerprint density at radius 2 is 1.83 bits per heavy atom. The van der Waals surface area contributed by atoms with Gasteiger partial charge >= 0.3 is 5.97 Å². The fourth-order valence-corrected chi connectivity index (χ4v) is 6.01. The molecule has 2 aliphatic heterocycles. The largest absolute Gasteiger partial charge is 0.478 e. The Labute approximate surface area is 212 Å². The van der Waals surface area contributed by atoms with E-state index in [2.05, 4.69) is 41.9 Å². The molecule has 1 aromatic carbocycles. The van der Waals surface area contributed by atoms with Gasteiger partial charge in [-0.05, 0) is 42.4 Å². The summed E-state index contributed by atoms with van der Waals surface area (Å²) in [5, 5.41) is 10.9. The third-order valence-corrected chi connectivity index (χ3v) is 7.81.